The van der Waals surface area contributed by atoms with Crippen LogP contribution in [-0.2, 0) is 28.2 Å². The summed E-state index contributed by atoms with van der Waals surface area (Å²) in [4.78, 5) is 11.9. The molecule has 0 bridgehead atoms. The Morgan fingerprint density at radius 2 is 2.00 bits per heavy atom. The summed E-state index contributed by atoms with van der Waals surface area (Å²) in [6.45, 7) is 2.47. The summed E-state index contributed by atoms with van der Waals surface area (Å²) in [5, 5.41) is 17.2. The summed E-state index contributed by atoms with van der Waals surface area (Å²) in [6, 6.07) is 11.3. The van der Waals surface area contributed by atoms with Crippen LogP contribution < -0.4 is 0 Å². The molecule has 1 aromatic carbocycles. The van der Waals surface area contributed by atoms with Crippen molar-refractivity contribution in [1.29, 1.82) is 0 Å². The first-order chi connectivity index (χ1) is 15.1. The third kappa shape index (κ3) is 5.42. The molecule has 0 spiro atoms. The molecular formula is C20H18BrN5O4S. The van der Waals surface area contributed by atoms with E-state index in [4.69, 9.17) is 13.6 Å². The zero-order valence-corrected chi connectivity index (χ0v) is 18.9. The molecule has 11 heteroatoms. The molecular weight excluding hydrogens is 486 g/mol. The molecule has 0 unspecified atom stereocenters. The molecule has 0 aliphatic carbocycles. The number of halogens is 1. The van der Waals surface area contributed by atoms with Crippen molar-refractivity contribution >= 4 is 33.7 Å². The van der Waals surface area contributed by atoms with E-state index < -0.39 is 0 Å². The summed E-state index contributed by atoms with van der Waals surface area (Å²) in [7, 11) is 0. The number of benzene rings is 1. The number of thioether (sulfide) groups is 1. The van der Waals surface area contributed by atoms with E-state index in [-0.39, 0.29) is 12.4 Å². The summed E-state index contributed by atoms with van der Waals surface area (Å²) in [5.41, 5.74) is 0.838. The van der Waals surface area contributed by atoms with Gasteiger partial charge in [-0.3, -0.25) is 9.36 Å². The van der Waals surface area contributed by atoms with Crippen LogP contribution in [0.15, 0.2) is 61.1 Å². The molecule has 0 atom stereocenters. The van der Waals surface area contributed by atoms with Crippen molar-refractivity contribution in [2.24, 2.45) is 0 Å². The molecule has 9 nitrogen and oxygen atoms in total. The normalized spacial score (nSPS) is 11.0. The number of hydrogen-bond donors (Lipinski definition) is 0. The maximum atomic E-state index is 11.9. The Morgan fingerprint density at radius 3 is 2.74 bits per heavy atom. The molecule has 0 aliphatic rings. The molecule has 0 amide bonds. The van der Waals surface area contributed by atoms with Crippen molar-refractivity contribution < 1.29 is 18.4 Å². The van der Waals surface area contributed by atoms with Gasteiger partial charge in [0, 0.05) is 10.0 Å². The molecule has 0 N–H and O–H groups in total. The Bertz CT molecular complexity index is 1140. The first-order valence-electron chi connectivity index (χ1n) is 9.43. The van der Waals surface area contributed by atoms with E-state index in [0.29, 0.717) is 41.7 Å². The molecule has 0 saturated heterocycles. The van der Waals surface area contributed by atoms with Crippen LogP contribution in [0.25, 0.3) is 11.5 Å². The van der Waals surface area contributed by atoms with Crippen LogP contribution in [0.3, 0.4) is 0 Å². The number of rotatable bonds is 9. The standard InChI is InChI=1S/C20H18BrN5O4S/c1-2-28-18(27)10-16-22-25-20(26(16)11-15-4-3-9-29-15)31-12-17-23-24-19(30-17)13-5-7-14(21)8-6-13/h3-9H,2,10-12H2,1H3. The lowest BCUT2D eigenvalue weighted by atomic mass is 10.2. The van der Waals surface area contributed by atoms with E-state index in [0.717, 1.165) is 15.8 Å². The maximum Gasteiger partial charge on any atom is 0.313 e. The third-order valence-electron chi connectivity index (χ3n) is 4.18. The molecule has 4 aromatic rings. The van der Waals surface area contributed by atoms with Crippen molar-refractivity contribution in [1.82, 2.24) is 25.0 Å². The zero-order chi connectivity index (χ0) is 21.6. The molecule has 0 saturated carbocycles. The van der Waals surface area contributed by atoms with Crippen LogP contribution in [0, 0.1) is 0 Å². The number of furan rings is 1. The molecule has 3 aromatic heterocycles. The molecule has 3 heterocycles. The van der Waals surface area contributed by atoms with Gasteiger partial charge in [-0.25, -0.2) is 0 Å². The second kappa shape index (κ2) is 9.92. The van der Waals surface area contributed by atoms with E-state index in [1.165, 1.54) is 11.8 Å². The number of ether oxygens (including phenoxy) is 1. The van der Waals surface area contributed by atoms with Crippen LogP contribution in [0.1, 0.15) is 24.4 Å². The second-order valence-corrected chi connectivity index (χ2v) is 8.20. The summed E-state index contributed by atoms with van der Waals surface area (Å²) < 4.78 is 19.1. The summed E-state index contributed by atoms with van der Waals surface area (Å²) >= 11 is 4.79. The highest BCUT2D eigenvalue weighted by atomic mass is 79.9. The Kier molecular flexibility index (Phi) is 6.82. The fourth-order valence-electron chi connectivity index (χ4n) is 2.76. The van der Waals surface area contributed by atoms with E-state index in [1.807, 2.05) is 34.9 Å². The maximum absolute atomic E-state index is 11.9. The minimum absolute atomic E-state index is 0.0242. The van der Waals surface area contributed by atoms with Crippen LogP contribution in [0.2, 0.25) is 0 Å². The molecule has 4 rings (SSSR count). The molecule has 0 radical (unpaired) electrons. The van der Waals surface area contributed by atoms with Crippen molar-refractivity contribution in [3.8, 4) is 11.5 Å². The van der Waals surface area contributed by atoms with Gasteiger partial charge in [-0.2, -0.15) is 0 Å². The van der Waals surface area contributed by atoms with Gasteiger partial charge in [0.05, 0.1) is 25.2 Å². The highest BCUT2D eigenvalue weighted by Gasteiger charge is 2.19. The lowest BCUT2D eigenvalue weighted by Crippen LogP contribution is -2.13. The van der Waals surface area contributed by atoms with E-state index in [9.17, 15) is 4.79 Å². The summed E-state index contributed by atoms with van der Waals surface area (Å²) in [5.74, 6) is 2.17. The topological polar surface area (TPSA) is 109 Å². The smallest absolute Gasteiger partial charge is 0.313 e. The first-order valence-corrected chi connectivity index (χ1v) is 11.2. The average molecular weight is 504 g/mol. The van der Waals surface area contributed by atoms with Gasteiger partial charge in [0.1, 0.15) is 18.0 Å². The molecule has 160 valence electrons. The molecule has 0 aliphatic heterocycles. The predicted octanol–water partition coefficient (Wildman–Crippen LogP) is 4.13. The van der Waals surface area contributed by atoms with Crippen molar-refractivity contribution in [2.45, 2.75) is 30.8 Å². The number of carbonyl (C=O) groups excluding carboxylic acids is 1. The van der Waals surface area contributed by atoms with Gasteiger partial charge in [-0.15, -0.1) is 20.4 Å². The second-order valence-electron chi connectivity index (χ2n) is 6.34. The Hall–Kier alpha value is -2.92. The minimum Gasteiger partial charge on any atom is -0.467 e. The van der Waals surface area contributed by atoms with Gasteiger partial charge in [0.15, 0.2) is 5.16 Å². The Balaban J connectivity index is 1.49. The highest BCUT2D eigenvalue weighted by Crippen LogP contribution is 2.26. The largest absolute Gasteiger partial charge is 0.467 e. The van der Waals surface area contributed by atoms with Crippen molar-refractivity contribution in [3.05, 3.63) is 64.6 Å². The summed E-state index contributed by atoms with van der Waals surface area (Å²) in [6.07, 6.45) is 1.62. The van der Waals surface area contributed by atoms with E-state index in [2.05, 4.69) is 36.3 Å². The average Bonchev–Trinajstić information content (AvgIpc) is 3.51. The molecule has 0 fully saturated rings. The Morgan fingerprint density at radius 1 is 1.16 bits per heavy atom. The van der Waals surface area contributed by atoms with Gasteiger partial charge < -0.3 is 13.6 Å². The van der Waals surface area contributed by atoms with Crippen LogP contribution in [-0.4, -0.2) is 37.5 Å². The van der Waals surface area contributed by atoms with Crippen LogP contribution >= 0.6 is 27.7 Å². The van der Waals surface area contributed by atoms with E-state index in [1.54, 1.807) is 19.3 Å². The third-order valence-corrected chi connectivity index (χ3v) is 5.66. The number of carbonyl (C=O) groups is 1. The lowest BCUT2D eigenvalue weighted by molar-refractivity contribution is -0.142. The van der Waals surface area contributed by atoms with Crippen LogP contribution in [0.5, 0.6) is 0 Å². The van der Waals surface area contributed by atoms with E-state index >= 15 is 0 Å². The number of hydrogen-bond acceptors (Lipinski definition) is 9. The minimum atomic E-state index is -0.358. The number of nitrogens with zero attached hydrogens (tertiary/aromatic N) is 5. The van der Waals surface area contributed by atoms with Gasteiger partial charge in [-0.1, -0.05) is 27.7 Å². The number of aromatic nitrogens is 5. The highest BCUT2D eigenvalue weighted by molar-refractivity contribution is 9.10. The first kappa shape index (κ1) is 21.3. The molecule has 31 heavy (non-hydrogen) atoms. The number of esters is 1. The van der Waals surface area contributed by atoms with Crippen LogP contribution in [0.4, 0.5) is 0 Å². The fourth-order valence-corrected chi connectivity index (χ4v) is 3.82. The SMILES string of the molecule is CCOC(=O)Cc1nnc(SCc2nnc(-c3ccc(Br)cc3)o2)n1Cc1ccco1. The van der Waals surface area contributed by atoms with Crippen molar-refractivity contribution in [3.63, 3.8) is 0 Å². The Labute approximate surface area is 190 Å². The monoisotopic (exact) mass is 503 g/mol. The lowest BCUT2D eigenvalue weighted by Gasteiger charge is -2.08. The van der Waals surface area contributed by atoms with Gasteiger partial charge in [0.2, 0.25) is 11.8 Å². The quantitative estimate of drug-likeness (QED) is 0.246. The van der Waals surface area contributed by atoms with Gasteiger partial charge >= 0.3 is 5.97 Å². The van der Waals surface area contributed by atoms with Crippen molar-refractivity contribution in [2.75, 3.05) is 6.61 Å². The van der Waals surface area contributed by atoms with Gasteiger partial charge in [-0.05, 0) is 43.3 Å². The fraction of sp³-hybridized carbons (Fsp3) is 0.250. The van der Waals surface area contributed by atoms with Gasteiger partial charge in [0.25, 0.3) is 0 Å². The predicted molar refractivity (Wildman–Crippen MR) is 115 cm³/mol. The zero-order valence-electron chi connectivity index (χ0n) is 16.5.